The first-order chi connectivity index (χ1) is 9.20. The maximum atomic E-state index is 6.36. The van der Waals surface area contributed by atoms with Crippen molar-refractivity contribution in [1.29, 1.82) is 0 Å². The molecular formula is C15H24N2OS. The van der Waals surface area contributed by atoms with E-state index in [-0.39, 0.29) is 6.04 Å². The molecule has 2 N–H and O–H groups in total. The van der Waals surface area contributed by atoms with Gasteiger partial charge in [-0.05, 0) is 37.6 Å². The zero-order valence-electron chi connectivity index (χ0n) is 11.8. The summed E-state index contributed by atoms with van der Waals surface area (Å²) in [7, 11) is 3.89. The van der Waals surface area contributed by atoms with Crippen molar-refractivity contribution in [2.45, 2.75) is 24.9 Å². The molecule has 0 bridgehead atoms. The molecule has 1 aliphatic rings. The van der Waals surface area contributed by atoms with E-state index >= 15 is 0 Å². The summed E-state index contributed by atoms with van der Waals surface area (Å²) in [4.78, 5) is 2.41. The van der Waals surface area contributed by atoms with E-state index in [4.69, 9.17) is 10.5 Å². The van der Waals surface area contributed by atoms with Crippen molar-refractivity contribution in [2.24, 2.45) is 5.73 Å². The van der Waals surface area contributed by atoms with Gasteiger partial charge in [0.15, 0.2) is 0 Å². The molecule has 19 heavy (non-hydrogen) atoms. The number of hydrogen-bond donors (Lipinski definition) is 1. The highest BCUT2D eigenvalue weighted by Gasteiger charge is 2.24. The van der Waals surface area contributed by atoms with Crippen LogP contribution in [0.1, 0.15) is 12.0 Å². The monoisotopic (exact) mass is 280 g/mol. The van der Waals surface area contributed by atoms with Crippen molar-refractivity contribution in [1.82, 2.24) is 4.90 Å². The van der Waals surface area contributed by atoms with E-state index in [0.29, 0.717) is 6.04 Å². The van der Waals surface area contributed by atoms with E-state index in [2.05, 4.69) is 24.1 Å². The minimum Gasteiger partial charge on any atom is -0.497 e. The molecular weight excluding hydrogens is 256 g/mol. The maximum absolute atomic E-state index is 6.36. The van der Waals surface area contributed by atoms with Gasteiger partial charge in [-0.1, -0.05) is 12.1 Å². The quantitative estimate of drug-likeness (QED) is 0.895. The Bertz CT molecular complexity index is 382. The number of rotatable bonds is 5. The highest BCUT2D eigenvalue weighted by molar-refractivity contribution is 7.99. The zero-order chi connectivity index (χ0) is 13.7. The van der Waals surface area contributed by atoms with Crippen LogP contribution >= 0.6 is 11.8 Å². The molecule has 1 aromatic rings. The van der Waals surface area contributed by atoms with Gasteiger partial charge in [-0.15, -0.1) is 0 Å². The van der Waals surface area contributed by atoms with Crippen LogP contribution in [0.15, 0.2) is 24.3 Å². The van der Waals surface area contributed by atoms with Crippen molar-refractivity contribution in [2.75, 3.05) is 32.2 Å². The smallest absolute Gasteiger partial charge is 0.118 e. The van der Waals surface area contributed by atoms with Gasteiger partial charge in [0.2, 0.25) is 0 Å². The molecule has 2 rings (SSSR count). The largest absolute Gasteiger partial charge is 0.497 e. The SMILES string of the molecule is COc1ccc(CCC(N)C2CSCCN2C)cc1. The van der Waals surface area contributed by atoms with Crippen LogP contribution in [0.2, 0.25) is 0 Å². The van der Waals surface area contributed by atoms with Crippen LogP contribution in [0.25, 0.3) is 0 Å². The molecule has 1 fully saturated rings. The zero-order valence-corrected chi connectivity index (χ0v) is 12.7. The van der Waals surface area contributed by atoms with Gasteiger partial charge in [-0.3, -0.25) is 0 Å². The number of nitrogens with zero attached hydrogens (tertiary/aromatic N) is 1. The summed E-state index contributed by atoms with van der Waals surface area (Å²) in [6, 6.07) is 9.08. The van der Waals surface area contributed by atoms with Crippen molar-refractivity contribution in [3.05, 3.63) is 29.8 Å². The first-order valence-corrected chi connectivity index (χ1v) is 8.02. The van der Waals surface area contributed by atoms with E-state index in [9.17, 15) is 0 Å². The summed E-state index contributed by atoms with van der Waals surface area (Å²) >= 11 is 2.02. The molecule has 1 heterocycles. The standard InChI is InChI=1S/C15H24N2OS/c1-17-9-10-19-11-15(17)14(16)8-5-12-3-6-13(18-2)7-4-12/h3-4,6-7,14-15H,5,8-11,16H2,1-2H3. The van der Waals surface area contributed by atoms with Gasteiger partial charge < -0.3 is 15.4 Å². The molecule has 0 radical (unpaired) electrons. The van der Waals surface area contributed by atoms with Crippen LogP contribution < -0.4 is 10.5 Å². The van der Waals surface area contributed by atoms with Gasteiger partial charge in [0.25, 0.3) is 0 Å². The number of hydrogen-bond acceptors (Lipinski definition) is 4. The van der Waals surface area contributed by atoms with Crippen LogP contribution in [0.5, 0.6) is 5.75 Å². The normalized spacial score (nSPS) is 22.2. The van der Waals surface area contributed by atoms with Gasteiger partial charge in [0.1, 0.15) is 5.75 Å². The van der Waals surface area contributed by atoms with Crippen molar-refractivity contribution < 1.29 is 4.74 Å². The predicted molar refractivity (Wildman–Crippen MR) is 83.0 cm³/mol. The fourth-order valence-electron chi connectivity index (χ4n) is 2.47. The van der Waals surface area contributed by atoms with E-state index in [1.165, 1.54) is 17.1 Å². The Morgan fingerprint density at radius 3 is 2.79 bits per heavy atom. The Balaban J connectivity index is 1.83. The number of ether oxygens (including phenoxy) is 1. The highest BCUT2D eigenvalue weighted by atomic mass is 32.2. The summed E-state index contributed by atoms with van der Waals surface area (Å²) in [5.74, 6) is 3.31. The molecule has 2 unspecified atom stereocenters. The number of methoxy groups -OCH3 is 1. The second kappa shape index (κ2) is 7.17. The van der Waals surface area contributed by atoms with Gasteiger partial charge >= 0.3 is 0 Å². The molecule has 0 aromatic heterocycles. The fourth-order valence-corrected chi connectivity index (χ4v) is 3.80. The van der Waals surface area contributed by atoms with Crippen molar-refractivity contribution in [3.8, 4) is 5.75 Å². The lowest BCUT2D eigenvalue weighted by Gasteiger charge is -2.36. The summed E-state index contributed by atoms with van der Waals surface area (Å²) in [6.07, 6.45) is 2.09. The molecule has 106 valence electrons. The Morgan fingerprint density at radius 2 is 2.16 bits per heavy atom. The predicted octanol–water partition coefficient (Wildman–Crippen LogP) is 2.00. The lowest BCUT2D eigenvalue weighted by atomic mass is 10.00. The molecule has 1 saturated heterocycles. The number of benzene rings is 1. The molecule has 3 nitrogen and oxygen atoms in total. The van der Waals surface area contributed by atoms with Gasteiger partial charge in [0.05, 0.1) is 7.11 Å². The van der Waals surface area contributed by atoms with Gasteiger partial charge in [-0.25, -0.2) is 0 Å². The van der Waals surface area contributed by atoms with Gasteiger partial charge in [-0.2, -0.15) is 11.8 Å². The van der Waals surface area contributed by atoms with Crippen molar-refractivity contribution >= 4 is 11.8 Å². The van der Waals surface area contributed by atoms with Crippen LogP contribution in [-0.4, -0.2) is 49.2 Å². The molecule has 4 heteroatoms. The van der Waals surface area contributed by atoms with Crippen LogP contribution in [0.4, 0.5) is 0 Å². The third-order valence-electron chi connectivity index (χ3n) is 3.86. The molecule has 0 spiro atoms. The summed E-state index contributed by atoms with van der Waals surface area (Å²) < 4.78 is 5.17. The third kappa shape index (κ3) is 4.13. The molecule has 0 saturated carbocycles. The molecule has 2 atom stereocenters. The Kier molecular flexibility index (Phi) is 5.55. The number of aryl methyl sites for hydroxylation is 1. The maximum Gasteiger partial charge on any atom is 0.118 e. The number of thioether (sulfide) groups is 1. The lowest BCUT2D eigenvalue weighted by molar-refractivity contribution is 0.230. The van der Waals surface area contributed by atoms with E-state index in [0.717, 1.165) is 25.1 Å². The minimum absolute atomic E-state index is 0.264. The summed E-state index contributed by atoms with van der Waals surface area (Å²) in [5.41, 5.74) is 7.70. The Labute approximate surface area is 120 Å². The van der Waals surface area contributed by atoms with E-state index in [1.54, 1.807) is 7.11 Å². The number of nitrogens with two attached hydrogens (primary N) is 1. The topological polar surface area (TPSA) is 38.5 Å². The second-order valence-electron chi connectivity index (χ2n) is 5.17. The molecule has 0 amide bonds. The Morgan fingerprint density at radius 1 is 1.42 bits per heavy atom. The molecule has 1 aromatic carbocycles. The Hall–Kier alpha value is -0.710. The summed E-state index contributed by atoms with van der Waals surface area (Å²) in [5, 5.41) is 0. The average Bonchev–Trinajstić information content (AvgIpc) is 2.46. The fraction of sp³-hybridized carbons (Fsp3) is 0.600. The first-order valence-electron chi connectivity index (χ1n) is 6.87. The molecule has 1 aliphatic heterocycles. The number of likely N-dealkylation sites (N-methyl/N-ethyl adjacent to an activating group) is 1. The van der Waals surface area contributed by atoms with Gasteiger partial charge in [0, 0.05) is 30.1 Å². The minimum atomic E-state index is 0.264. The lowest BCUT2D eigenvalue weighted by Crippen LogP contribution is -2.50. The van der Waals surface area contributed by atoms with E-state index in [1.807, 2.05) is 23.9 Å². The first kappa shape index (κ1) is 14.7. The van der Waals surface area contributed by atoms with Crippen LogP contribution in [0, 0.1) is 0 Å². The van der Waals surface area contributed by atoms with Crippen LogP contribution in [-0.2, 0) is 6.42 Å². The second-order valence-corrected chi connectivity index (χ2v) is 6.32. The average molecular weight is 280 g/mol. The van der Waals surface area contributed by atoms with E-state index < -0.39 is 0 Å². The summed E-state index contributed by atoms with van der Waals surface area (Å²) in [6.45, 7) is 1.16. The van der Waals surface area contributed by atoms with Crippen LogP contribution in [0.3, 0.4) is 0 Å². The van der Waals surface area contributed by atoms with Crippen molar-refractivity contribution in [3.63, 3.8) is 0 Å². The third-order valence-corrected chi connectivity index (χ3v) is 4.91. The molecule has 0 aliphatic carbocycles. The highest BCUT2D eigenvalue weighted by Crippen LogP contribution is 2.19.